The lowest BCUT2D eigenvalue weighted by Crippen LogP contribution is -2.37. The molecule has 7 heteroatoms. The van der Waals surface area contributed by atoms with Crippen LogP contribution in [0.25, 0.3) is 0 Å². The molecule has 0 fully saturated rings. The predicted octanol–water partition coefficient (Wildman–Crippen LogP) is 0.857. The third kappa shape index (κ3) is 2.73. The number of aromatic nitrogens is 2. The minimum absolute atomic E-state index is 0.0725. The Balaban J connectivity index is 3.31. The summed E-state index contributed by atoms with van der Waals surface area (Å²) in [6.07, 6.45) is 0. The van der Waals surface area contributed by atoms with Crippen LogP contribution in [0.1, 0.15) is 32.2 Å². The zero-order chi connectivity index (χ0) is 13.9. The van der Waals surface area contributed by atoms with E-state index in [4.69, 9.17) is 0 Å². The number of aryl methyl sites for hydroxylation is 1. The van der Waals surface area contributed by atoms with E-state index in [2.05, 4.69) is 15.5 Å². The standard InChI is InChI=1S/C11H22N4O2S/c1-6-15(8(2)3)18(16,17)11-9(4)13-14-10(11)7-12-5/h8,12H,6-7H2,1-5H3,(H,13,14). The van der Waals surface area contributed by atoms with Crippen LogP contribution in [0.4, 0.5) is 0 Å². The van der Waals surface area contributed by atoms with Crippen molar-refractivity contribution in [2.24, 2.45) is 0 Å². The summed E-state index contributed by atoms with van der Waals surface area (Å²) in [6.45, 7) is 8.18. The van der Waals surface area contributed by atoms with Crippen LogP contribution in [0, 0.1) is 6.92 Å². The first-order chi connectivity index (χ1) is 8.36. The average Bonchev–Trinajstić information content (AvgIpc) is 2.60. The molecule has 0 radical (unpaired) electrons. The molecule has 0 spiro atoms. The van der Waals surface area contributed by atoms with Crippen LogP contribution in [-0.4, -0.2) is 42.6 Å². The van der Waals surface area contributed by atoms with E-state index in [-0.39, 0.29) is 6.04 Å². The number of rotatable bonds is 6. The Kier molecular flexibility index (Phi) is 4.89. The van der Waals surface area contributed by atoms with Gasteiger partial charge in [-0.3, -0.25) is 5.10 Å². The van der Waals surface area contributed by atoms with Crippen molar-refractivity contribution in [1.82, 2.24) is 19.8 Å². The van der Waals surface area contributed by atoms with E-state index in [0.29, 0.717) is 29.4 Å². The Labute approximate surface area is 109 Å². The van der Waals surface area contributed by atoms with Gasteiger partial charge in [0.1, 0.15) is 4.90 Å². The Morgan fingerprint density at radius 2 is 2.06 bits per heavy atom. The van der Waals surface area contributed by atoms with Crippen LogP contribution >= 0.6 is 0 Å². The molecule has 0 aromatic carbocycles. The lowest BCUT2D eigenvalue weighted by atomic mass is 10.4. The molecule has 1 aromatic rings. The second-order valence-corrected chi connectivity index (χ2v) is 6.28. The molecule has 0 amide bonds. The third-order valence-corrected chi connectivity index (χ3v) is 5.11. The predicted molar refractivity (Wildman–Crippen MR) is 70.8 cm³/mol. The van der Waals surface area contributed by atoms with E-state index in [9.17, 15) is 8.42 Å². The molecular weight excluding hydrogens is 252 g/mol. The first-order valence-corrected chi connectivity index (χ1v) is 7.50. The van der Waals surface area contributed by atoms with E-state index in [1.807, 2.05) is 20.8 Å². The summed E-state index contributed by atoms with van der Waals surface area (Å²) in [5.74, 6) is 0. The molecule has 1 heterocycles. The van der Waals surface area contributed by atoms with Gasteiger partial charge in [0.2, 0.25) is 10.0 Å². The Bertz CT molecular complexity index is 493. The minimum atomic E-state index is -3.49. The lowest BCUT2D eigenvalue weighted by Gasteiger charge is -2.24. The fraction of sp³-hybridized carbons (Fsp3) is 0.727. The van der Waals surface area contributed by atoms with Crippen molar-refractivity contribution in [3.8, 4) is 0 Å². The highest BCUT2D eigenvalue weighted by Gasteiger charge is 2.31. The quantitative estimate of drug-likeness (QED) is 0.806. The van der Waals surface area contributed by atoms with Crippen molar-refractivity contribution < 1.29 is 8.42 Å². The maximum Gasteiger partial charge on any atom is 0.247 e. The highest BCUT2D eigenvalue weighted by molar-refractivity contribution is 7.89. The van der Waals surface area contributed by atoms with Gasteiger partial charge >= 0.3 is 0 Å². The molecule has 1 aromatic heterocycles. The zero-order valence-corrected chi connectivity index (χ0v) is 12.4. The molecule has 104 valence electrons. The molecule has 0 unspecified atom stereocenters. The SMILES string of the molecule is CCN(C(C)C)S(=O)(=O)c1c(CNC)n[nH]c1C. The fourth-order valence-electron chi connectivity index (χ4n) is 2.03. The molecule has 0 bridgehead atoms. The lowest BCUT2D eigenvalue weighted by molar-refractivity contribution is 0.368. The van der Waals surface area contributed by atoms with Gasteiger partial charge in [0.15, 0.2) is 0 Å². The number of sulfonamides is 1. The van der Waals surface area contributed by atoms with E-state index < -0.39 is 10.0 Å². The van der Waals surface area contributed by atoms with Crippen molar-refractivity contribution in [3.05, 3.63) is 11.4 Å². The maximum absolute atomic E-state index is 12.6. The van der Waals surface area contributed by atoms with Gasteiger partial charge in [-0.1, -0.05) is 6.92 Å². The van der Waals surface area contributed by atoms with Crippen LogP contribution < -0.4 is 5.32 Å². The van der Waals surface area contributed by atoms with Crippen LogP contribution in [0.15, 0.2) is 4.90 Å². The van der Waals surface area contributed by atoms with Crippen molar-refractivity contribution in [1.29, 1.82) is 0 Å². The molecule has 0 saturated heterocycles. The second-order valence-electron chi connectivity index (χ2n) is 4.46. The number of hydrogen-bond donors (Lipinski definition) is 2. The topological polar surface area (TPSA) is 78.1 Å². The van der Waals surface area contributed by atoms with E-state index >= 15 is 0 Å². The molecule has 0 atom stereocenters. The van der Waals surface area contributed by atoms with Crippen LogP contribution in [0.3, 0.4) is 0 Å². The molecule has 0 aliphatic heterocycles. The van der Waals surface area contributed by atoms with Gasteiger partial charge in [0, 0.05) is 19.1 Å². The van der Waals surface area contributed by atoms with Crippen molar-refractivity contribution >= 4 is 10.0 Å². The number of aromatic amines is 1. The Morgan fingerprint density at radius 1 is 1.44 bits per heavy atom. The molecule has 1 rings (SSSR count). The molecule has 0 saturated carbocycles. The molecule has 0 aliphatic carbocycles. The largest absolute Gasteiger partial charge is 0.314 e. The molecule has 6 nitrogen and oxygen atoms in total. The highest BCUT2D eigenvalue weighted by Crippen LogP contribution is 2.23. The normalized spacial score (nSPS) is 12.6. The molecular formula is C11H22N4O2S. The van der Waals surface area contributed by atoms with Crippen molar-refractivity contribution in [2.45, 2.75) is 45.2 Å². The first kappa shape index (κ1) is 15.1. The van der Waals surface area contributed by atoms with Gasteiger partial charge in [-0.15, -0.1) is 0 Å². The van der Waals surface area contributed by atoms with Crippen molar-refractivity contribution in [2.75, 3.05) is 13.6 Å². The highest BCUT2D eigenvalue weighted by atomic mass is 32.2. The molecule has 2 N–H and O–H groups in total. The second kappa shape index (κ2) is 5.81. The summed E-state index contributed by atoms with van der Waals surface area (Å²) >= 11 is 0. The van der Waals surface area contributed by atoms with E-state index in [0.717, 1.165) is 0 Å². The first-order valence-electron chi connectivity index (χ1n) is 6.06. The van der Waals surface area contributed by atoms with Crippen molar-refractivity contribution in [3.63, 3.8) is 0 Å². The third-order valence-electron chi connectivity index (χ3n) is 2.76. The maximum atomic E-state index is 12.6. The minimum Gasteiger partial charge on any atom is -0.314 e. The van der Waals surface area contributed by atoms with Gasteiger partial charge in [0.25, 0.3) is 0 Å². The summed E-state index contributed by atoms with van der Waals surface area (Å²) in [7, 11) is -1.73. The molecule has 0 aliphatic rings. The number of nitrogens with one attached hydrogen (secondary N) is 2. The van der Waals surface area contributed by atoms with Crippen LogP contribution in [0.5, 0.6) is 0 Å². The van der Waals surface area contributed by atoms with Gasteiger partial charge in [-0.2, -0.15) is 9.40 Å². The molecule has 18 heavy (non-hydrogen) atoms. The average molecular weight is 274 g/mol. The Hall–Kier alpha value is -0.920. The van der Waals surface area contributed by atoms with E-state index in [1.165, 1.54) is 4.31 Å². The van der Waals surface area contributed by atoms with E-state index in [1.54, 1.807) is 14.0 Å². The number of nitrogens with zero attached hydrogens (tertiary/aromatic N) is 2. The summed E-state index contributed by atoms with van der Waals surface area (Å²) < 4.78 is 26.7. The van der Waals surface area contributed by atoms with Gasteiger partial charge in [-0.05, 0) is 27.8 Å². The monoisotopic (exact) mass is 274 g/mol. The van der Waals surface area contributed by atoms with Crippen LogP contribution in [-0.2, 0) is 16.6 Å². The van der Waals surface area contributed by atoms with Gasteiger partial charge < -0.3 is 5.32 Å². The van der Waals surface area contributed by atoms with Crippen LogP contribution in [0.2, 0.25) is 0 Å². The summed E-state index contributed by atoms with van der Waals surface area (Å²) in [5.41, 5.74) is 1.12. The van der Waals surface area contributed by atoms with Gasteiger partial charge in [0.05, 0.1) is 11.4 Å². The Morgan fingerprint density at radius 3 is 2.50 bits per heavy atom. The number of H-pyrrole nitrogens is 1. The summed E-state index contributed by atoms with van der Waals surface area (Å²) in [4.78, 5) is 0.299. The zero-order valence-electron chi connectivity index (χ0n) is 11.6. The fourth-order valence-corrected chi connectivity index (χ4v) is 4.01. The number of hydrogen-bond acceptors (Lipinski definition) is 4. The summed E-state index contributed by atoms with van der Waals surface area (Å²) in [6, 6.07) is -0.0725. The smallest absolute Gasteiger partial charge is 0.247 e. The van der Waals surface area contributed by atoms with Gasteiger partial charge in [-0.25, -0.2) is 8.42 Å². The summed E-state index contributed by atoms with van der Waals surface area (Å²) in [5, 5.41) is 9.74.